The van der Waals surface area contributed by atoms with Crippen LogP contribution in [0.4, 0.5) is 0 Å². The Hall–Kier alpha value is 0.410. The normalized spacial score (nSPS) is 19.6. The van der Waals surface area contributed by atoms with Crippen molar-refractivity contribution in [3.8, 4) is 0 Å². The maximum absolute atomic E-state index is 4.84. The van der Waals surface area contributed by atoms with E-state index in [9.17, 15) is 0 Å². The molecule has 3 fully saturated rings. The van der Waals surface area contributed by atoms with E-state index in [1.807, 2.05) is 0 Å². The maximum Gasteiger partial charge on any atom is 0.129 e. The summed E-state index contributed by atoms with van der Waals surface area (Å²) in [4.78, 5) is 0. The lowest BCUT2D eigenvalue weighted by atomic mass is 11.0. The number of nitrogens with one attached hydrogen (secondary N) is 3. The first-order chi connectivity index (χ1) is 6.50. The smallest absolute Gasteiger partial charge is 0.129 e. The summed E-state index contributed by atoms with van der Waals surface area (Å²) >= 11 is 4.27. The Kier molecular flexibility index (Phi) is 8.95. The first-order valence-electron chi connectivity index (χ1n) is 4.58. The molecule has 8 heteroatoms. The van der Waals surface area contributed by atoms with E-state index in [1.54, 1.807) is 0 Å². The summed E-state index contributed by atoms with van der Waals surface area (Å²) in [6.07, 6.45) is 0. The molecule has 0 unspecified atom stereocenters. The molecule has 3 aliphatic rings. The summed E-state index contributed by atoms with van der Waals surface area (Å²) in [5, 5.41) is 9.00. The SMILES string of the molecule is C1CN1.C1CN1.C1CN1.NP(N)(N)=S. The predicted molar refractivity (Wildman–Crippen MR) is 65.5 cm³/mol. The average Bonchev–Trinajstić information content (AvgIpc) is 2.81. The van der Waals surface area contributed by atoms with Crippen LogP contribution in [0.15, 0.2) is 0 Å². The number of nitrogens with two attached hydrogens (primary N) is 3. The third kappa shape index (κ3) is 139. The molecule has 0 aliphatic carbocycles. The van der Waals surface area contributed by atoms with Crippen LogP contribution in [0.1, 0.15) is 0 Å². The molecule has 0 aromatic heterocycles. The Morgan fingerprint density at radius 3 is 0.786 bits per heavy atom. The third-order valence-corrected chi connectivity index (χ3v) is 0.750. The molecule has 3 aliphatic heterocycles. The third-order valence-electron chi connectivity index (χ3n) is 0.750. The molecule has 3 heterocycles. The van der Waals surface area contributed by atoms with Crippen LogP contribution in [0.2, 0.25) is 0 Å². The molecule has 3 saturated heterocycles. The van der Waals surface area contributed by atoms with Crippen molar-refractivity contribution in [1.29, 1.82) is 0 Å². The average molecular weight is 240 g/mol. The molecule has 3 rings (SSSR count). The second-order valence-electron chi connectivity index (χ2n) is 3.01. The summed E-state index contributed by atoms with van der Waals surface area (Å²) in [5.41, 5.74) is 14.5. The topological polar surface area (TPSA) is 144 Å². The van der Waals surface area contributed by atoms with Crippen LogP contribution in [-0.2, 0) is 11.8 Å². The van der Waals surface area contributed by atoms with Crippen LogP contribution in [0.3, 0.4) is 0 Å². The molecule has 0 aromatic rings. The van der Waals surface area contributed by atoms with Crippen LogP contribution in [0.5, 0.6) is 0 Å². The van der Waals surface area contributed by atoms with E-state index in [2.05, 4.69) is 27.8 Å². The first-order valence-corrected chi connectivity index (χ1v) is 7.59. The van der Waals surface area contributed by atoms with Crippen LogP contribution in [0, 0.1) is 0 Å². The Morgan fingerprint density at radius 1 is 0.714 bits per heavy atom. The van der Waals surface area contributed by atoms with Gasteiger partial charge in [0, 0.05) is 39.3 Å². The molecule has 0 spiro atoms. The van der Waals surface area contributed by atoms with Gasteiger partial charge in [0.1, 0.15) is 6.49 Å². The summed E-state index contributed by atoms with van der Waals surface area (Å²) in [6, 6.07) is 0. The predicted octanol–water partition coefficient (Wildman–Crippen LogP) is -2.14. The minimum absolute atomic E-state index is 1.25. The molecular weight excluding hydrogens is 219 g/mol. The van der Waals surface area contributed by atoms with Gasteiger partial charge in [-0.2, -0.15) is 0 Å². The fourth-order valence-electron chi connectivity index (χ4n) is 0. The molecule has 0 atom stereocenters. The molecule has 0 saturated carbocycles. The molecule has 14 heavy (non-hydrogen) atoms. The fourth-order valence-corrected chi connectivity index (χ4v) is 0. The zero-order chi connectivity index (χ0) is 10.9. The van der Waals surface area contributed by atoms with E-state index in [0.717, 1.165) is 0 Å². The zero-order valence-electron chi connectivity index (χ0n) is 8.33. The number of hydrogen-bond acceptors (Lipinski definition) is 4. The van der Waals surface area contributed by atoms with Gasteiger partial charge in [-0.15, -0.1) is 0 Å². The first kappa shape index (κ1) is 14.4. The van der Waals surface area contributed by atoms with E-state index >= 15 is 0 Å². The number of hydrogen-bond donors (Lipinski definition) is 6. The lowest BCUT2D eigenvalue weighted by molar-refractivity contribution is 1.34. The van der Waals surface area contributed by atoms with E-state index in [4.69, 9.17) is 16.5 Å². The van der Waals surface area contributed by atoms with Crippen molar-refractivity contribution < 1.29 is 0 Å². The molecule has 86 valence electrons. The van der Waals surface area contributed by atoms with Gasteiger partial charge >= 0.3 is 0 Å². The summed E-state index contributed by atoms with van der Waals surface area (Å²) < 4.78 is 0. The highest BCUT2D eigenvalue weighted by Crippen LogP contribution is 2.07. The van der Waals surface area contributed by atoms with Gasteiger partial charge < -0.3 is 16.0 Å². The van der Waals surface area contributed by atoms with Crippen LogP contribution in [0.25, 0.3) is 0 Å². The van der Waals surface area contributed by atoms with Gasteiger partial charge in [-0.1, -0.05) is 0 Å². The quantitative estimate of drug-likeness (QED) is 0.209. The van der Waals surface area contributed by atoms with Crippen LogP contribution >= 0.6 is 6.49 Å². The van der Waals surface area contributed by atoms with Gasteiger partial charge in [-0.3, -0.25) is 16.5 Å². The van der Waals surface area contributed by atoms with E-state index < -0.39 is 6.49 Å². The van der Waals surface area contributed by atoms with Crippen molar-refractivity contribution in [2.45, 2.75) is 0 Å². The molecule has 0 radical (unpaired) electrons. The highest BCUT2D eigenvalue weighted by atomic mass is 32.4. The number of rotatable bonds is 0. The van der Waals surface area contributed by atoms with Crippen LogP contribution < -0.4 is 32.5 Å². The molecule has 6 nitrogen and oxygen atoms in total. The molecule has 0 bridgehead atoms. The van der Waals surface area contributed by atoms with Gasteiger partial charge in [-0.05, 0) is 11.8 Å². The Morgan fingerprint density at radius 2 is 0.786 bits per heavy atom. The van der Waals surface area contributed by atoms with Crippen molar-refractivity contribution in [2.75, 3.05) is 39.3 Å². The van der Waals surface area contributed by atoms with Gasteiger partial charge in [0.25, 0.3) is 0 Å². The maximum atomic E-state index is 4.84. The Bertz CT molecular complexity index is 135. The van der Waals surface area contributed by atoms with Gasteiger partial charge in [0.15, 0.2) is 0 Å². The minimum atomic E-state index is -2.31. The van der Waals surface area contributed by atoms with Crippen LogP contribution in [-0.4, -0.2) is 39.3 Å². The van der Waals surface area contributed by atoms with Gasteiger partial charge in [-0.25, -0.2) is 0 Å². The summed E-state index contributed by atoms with van der Waals surface area (Å²) in [7, 11) is 0. The summed E-state index contributed by atoms with van der Waals surface area (Å²) in [6.45, 7) is 5.19. The fraction of sp³-hybridized carbons (Fsp3) is 1.00. The minimum Gasteiger partial charge on any atom is -0.314 e. The van der Waals surface area contributed by atoms with Crippen molar-refractivity contribution in [2.24, 2.45) is 16.5 Å². The van der Waals surface area contributed by atoms with Crippen molar-refractivity contribution in [3.05, 3.63) is 0 Å². The molecular formula is C6H21N6PS. The zero-order valence-corrected chi connectivity index (χ0v) is 10.0. The Balaban J connectivity index is 0.000000164. The van der Waals surface area contributed by atoms with Crippen molar-refractivity contribution in [1.82, 2.24) is 16.0 Å². The highest BCUT2D eigenvalue weighted by molar-refractivity contribution is 8.11. The molecule has 9 N–H and O–H groups in total. The van der Waals surface area contributed by atoms with Crippen molar-refractivity contribution in [3.63, 3.8) is 0 Å². The lowest BCUT2D eigenvalue weighted by Gasteiger charge is -1.94. The van der Waals surface area contributed by atoms with E-state index in [-0.39, 0.29) is 0 Å². The van der Waals surface area contributed by atoms with Gasteiger partial charge in [0.2, 0.25) is 0 Å². The van der Waals surface area contributed by atoms with E-state index in [1.165, 1.54) is 39.3 Å². The van der Waals surface area contributed by atoms with E-state index in [0.29, 0.717) is 0 Å². The summed E-state index contributed by atoms with van der Waals surface area (Å²) in [5.74, 6) is 0. The monoisotopic (exact) mass is 240 g/mol. The second-order valence-corrected chi connectivity index (χ2v) is 6.44. The highest BCUT2D eigenvalue weighted by Gasteiger charge is 1.91. The van der Waals surface area contributed by atoms with Gasteiger partial charge in [0.05, 0.1) is 0 Å². The molecule has 0 aromatic carbocycles. The van der Waals surface area contributed by atoms with Crippen molar-refractivity contribution >= 4 is 18.3 Å². The lowest BCUT2D eigenvalue weighted by Crippen LogP contribution is -2.11. The Labute approximate surface area is 90.5 Å². The molecule has 0 amide bonds. The second kappa shape index (κ2) is 8.70. The standard InChI is InChI=1S/3C2H5N.H6N3PS/c3*1-2-3-1;1-4(2,3)5/h3*3H,1-2H2;(H6,1,2,3,5). The largest absolute Gasteiger partial charge is 0.314 e.